The third kappa shape index (κ3) is 3.97. The maximum atomic E-state index is 12.4. The maximum absolute atomic E-state index is 12.4. The molecule has 0 unspecified atom stereocenters. The quantitative estimate of drug-likeness (QED) is 0.727. The van der Waals surface area contributed by atoms with Gasteiger partial charge in [0, 0.05) is 32.0 Å². The molecule has 1 aromatic rings. The average Bonchev–Trinajstić information content (AvgIpc) is 2.72. The van der Waals surface area contributed by atoms with E-state index in [-0.39, 0.29) is 0 Å². The van der Waals surface area contributed by atoms with Crippen LogP contribution in [-0.2, 0) is 22.4 Å². The number of nitrogens with zero attached hydrogens (tertiary/aromatic N) is 2. The summed E-state index contributed by atoms with van der Waals surface area (Å²) in [5.41, 5.74) is 0.847. The fourth-order valence-electron chi connectivity index (χ4n) is 2.02. The standard InChI is InChI=1S/C13H23ClN2O2S/c1-5-6-16-10-13(7-12(16)8-14)19(17,18)15(4)9-11(2)3/h7,10-11H,5-6,8-9H2,1-4H3. The van der Waals surface area contributed by atoms with Crippen molar-refractivity contribution >= 4 is 21.6 Å². The first kappa shape index (κ1) is 16.5. The molecule has 0 bridgehead atoms. The zero-order chi connectivity index (χ0) is 14.6. The second-order valence-electron chi connectivity index (χ2n) is 5.17. The highest BCUT2D eigenvalue weighted by atomic mass is 35.5. The Morgan fingerprint density at radius 2 is 2.05 bits per heavy atom. The molecule has 0 spiro atoms. The third-order valence-corrected chi connectivity index (χ3v) is 4.96. The molecule has 4 nitrogen and oxygen atoms in total. The molecule has 6 heteroatoms. The minimum Gasteiger partial charge on any atom is -0.349 e. The Labute approximate surface area is 121 Å². The van der Waals surface area contributed by atoms with Crippen LogP contribution in [0.25, 0.3) is 0 Å². The van der Waals surface area contributed by atoms with Crippen LogP contribution in [-0.4, -0.2) is 30.9 Å². The van der Waals surface area contributed by atoms with Crippen LogP contribution in [0, 0.1) is 5.92 Å². The van der Waals surface area contributed by atoms with Gasteiger partial charge in [0.25, 0.3) is 0 Å². The van der Waals surface area contributed by atoms with Crippen LogP contribution in [0.15, 0.2) is 17.2 Å². The molecule has 0 atom stereocenters. The SMILES string of the molecule is CCCn1cc(S(=O)(=O)N(C)CC(C)C)cc1CCl. The fourth-order valence-corrected chi connectivity index (χ4v) is 3.65. The van der Waals surface area contributed by atoms with E-state index in [4.69, 9.17) is 11.6 Å². The van der Waals surface area contributed by atoms with Crippen molar-refractivity contribution in [2.45, 2.75) is 44.5 Å². The summed E-state index contributed by atoms with van der Waals surface area (Å²) in [5.74, 6) is 0.619. The van der Waals surface area contributed by atoms with Crippen molar-refractivity contribution in [3.63, 3.8) is 0 Å². The Bertz CT molecular complexity index is 509. The van der Waals surface area contributed by atoms with Gasteiger partial charge < -0.3 is 4.57 Å². The first-order valence-electron chi connectivity index (χ1n) is 6.54. The van der Waals surface area contributed by atoms with E-state index in [1.165, 1.54) is 4.31 Å². The van der Waals surface area contributed by atoms with Gasteiger partial charge in [0.05, 0.1) is 5.88 Å². The zero-order valence-corrected chi connectivity index (χ0v) is 13.6. The monoisotopic (exact) mass is 306 g/mol. The molecular weight excluding hydrogens is 284 g/mol. The zero-order valence-electron chi connectivity index (χ0n) is 12.1. The minimum absolute atomic E-state index is 0.296. The largest absolute Gasteiger partial charge is 0.349 e. The van der Waals surface area contributed by atoms with Gasteiger partial charge in [-0.25, -0.2) is 12.7 Å². The summed E-state index contributed by atoms with van der Waals surface area (Å²) in [5, 5.41) is 0. The minimum atomic E-state index is -3.41. The Balaban J connectivity index is 3.07. The van der Waals surface area contributed by atoms with Gasteiger partial charge in [0.1, 0.15) is 4.90 Å². The lowest BCUT2D eigenvalue weighted by molar-refractivity contribution is 0.417. The van der Waals surface area contributed by atoms with Crippen LogP contribution in [0.4, 0.5) is 0 Å². The van der Waals surface area contributed by atoms with E-state index in [0.717, 1.165) is 18.7 Å². The highest BCUT2D eigenvalue weighted by Gasteiger charge is 2.23. The van der Waals surface area contributed by atoms with E-state index in [9.17, 15) is 8.42 Å². The van der Waals surface area contributed by atoms with Crippen molar-refractivity contribution in [2.75, 3.05) is 13.6 Å². The number of alkyl halides is 1. The van der Waals surface area contributed by atoms with E-state index in [1.54, 1.807) is 19.3 Å². The molecule has 0 aromatic carbocycles. The molecule has 1 heterocycles. The summed E-state index contributed by atoms with van der Waals surface area (Å²) in [6.45, 7) is 7.34. The molecule has 110 valence electrons. The van der Waals surface area contributed by atoms with Crippen molar-refractivity contribution in [3.05, 3.63) is 18.0 Å². The molecule has 0 aliphatic heterocycles. The van der Waals surface area contributed by atoms with E-state index >= 15 is 0 Å². The van der Waals surface area contributed by atoms with Crippen molar-refractivity contribution in [1.29, 1.82) is 0 Å². The van der Waals surface area contributed by atoms with Crippen molar-refractivity contribution in [3.8, 4) is 0 Å². The van der Waals surface area contributed by atoms with Gasteiger partial charge >= 0.3 is 0 Å². The molecule has 1 aromatic heterocycles. The Kier molecular flexibility index (Phi) is 5.89. The van der Waals surface area contributed by atoms with Gasteiger partial charge in [-0.05, 0) is 18.4 Å². The molecule has 0 amide bonds. The number of aryl methyl sites for hydroxylation is 1. The van der Waals surface area contributed by atoms with E-state index < -0.39 is 10.0 Å². The topological polar surface area (TPSA) is 42.3 Å². The number of hydrogen-bond donors (Lipinski definition) is 0. The third-order valence-electron chi connectivity index (χ3n) is 2.89. The molecule has 0 fully saturated rings. The number of sulfonamides is 1. The van der Waals surface area contributed by atoms with E-state index in [1.807, 2.05) is 18.4 Å². The van der Waals surface area contributed by atoms with Gasteiger partial charge in [-0.1, -0.05) is 20.8 Å². The van der Waals surface area contributed by atoms with E-state index in [2.05, 4.69) is 6.92 Å². The summed E-state index contributed by atoms with van der Waals surface area (Å²) < 4.78 is 28.2. The van der Waals surface area contributed by atoms with Crippen molar-refractivity contribution < 1.29 is 8.42 Å². The molecule has 0 saturated carbocycles. The summed E-state index contributed by atoms with van der Waals surface area (Å²) in [6, 6.07) is 1.68. The Morgan fingerprint density at radius 1 is 1.42 bits per heavy atom. The van der Waals surface area contributed by atoms with Gasteiger partial charge in [0.2, 0.25) is 10.0 Å². The van der Waals surface area contributed by atoms with Crippen LogP contribution in [0.5, 0.6) is 0 Å². The van der Waals surface area contributed by atoms with Gasteiger partial charge in [-0.3, -0.25) is 0 Å². The van der Waals surface area contributed by atoms with Crippen LogP contribution in [0.2, 0.25) is 0 Å². The normalized spacial score (nSPS) is 12.6. The predicted molar refractivity (Wildman–Crippen MR) is 78.9 cm³/mol. The molecular formula is C13H23ClN2O2S. The summed E-state index contributed by atoms with van der Waals surface area (Å²) in [4.78, 5) is 0.333. The second-order valence-corrected chi connectivity index (χ2v) is 7.49. The Morgan fingerprint density at radius 3 is 2.53 bits per heavy atom. The van der Waals surface area contributed by atoms with Gasteiger partial charge in [-0.15, -0.1) is 11.6 Å². The average molecular weight is 307 g/mol. The smallest absolute Gasteiger partial charge is 0.244 e. The number of rotatable bonds is 7. The van der Waals surface area contributed by atoms with Crippen molar-refractivity contribution in [2.24, 2.45) is 5.92 Å². The highest BCUT2D eigenvalue weighted by molar-refractivity contribution is 7.89. The lowest BCUT2D eigenvalue weighted by Gasteiger charge is -2.18. The highest BCUT2D eigenvalue weighted by Crippen LogP contribution is 2.20. The molecule has 0 N–H and O–H groups in total. The summed E-state index contributed by atoms with van der Waals surface area (Å²) >= 11 is 5.87. The predicted octanol–water partition coefficient (Wildman–Crippen LogP) is 2.91. The number of hydrogen-bond acceptors (Lipinski definition) is 2. The summed E-state index contributed by atoms with van der Waals surface area (Å²) in [7, 11) is -1.79. The molecule has 0 aliphatic rings. The molecule has 0 aliphatic carbocycles. The number of aromatic nitrogens is 1. The molecule has 1 rings (SSSR count). The maximum Gasteiger partial charge on any atom is 0.244 e. The fraction of sp³-hybridized carbons (Fsp3) is 0.692. The molecule has 0 saturated heterocycles. The van der Waals surface area contributed by atoms with Gasteiger partial charge in [0.15, 0.2) is 0 Å². The van der Waals surface area contributed by atoms with Gasteiger partial charge in [-0.2, -0.15) is 0 Å². The first-order valence-corrected chi connectivity index (χ1v) is 8.51. The van der Waals surface area contributed by atoms with Crippen LogP contribution in [0.1, 0.15) is 32.9 Å². The summed E-state index contributed by atoms with van der Waals surface area (Å²) in [6.07, 6.45) is 2.63. The lowest BCUT2D eigenvalue weighted by Crippen LogP contribution is -2.30. The second kappa shape index (κ2) is 6.77. The molecule has 19 heavy (non-hydrogen) atoms. The van der Waals surface area contributed by atoms with Crippen LogP contribution in [0.3, 0.4) is 0 Å². The molecule has 0 radical (unpaired) electrons. The van der Waals surface area contributed by atoms with Crippen LogP contribution >= 0.6 is 11.6 Å². The Hall–Kier alpha value is -0.520. The first-order chi connectivity index (χ1) is 8.82. The van der Waals surface area contributed by atoms with Crippen LogP contribution < -0.4 is 0 Å². The van der Waals surface area contributed by atoms with E-state index in [0.29, 0.717) is 23.2 Å². The number of halogens is 1. The van der Waals surface area contributed by atoms with Crippen molar-refractivity contribution in [1.82, 2.24) is 8.87 Å². The lowest BCUT2D eigenvalue weighted by atomic mass is 10.2.